The third-order valence-corrected chi connectivity index (χ3v) is 13.7. The molecule has 4 aromatic carbocycles. The molecule has 6 aromatic rings. The number of nitrogens with one attached hydrogen (secondary N) is 4. The number of hydrogen-bond acceptors (Lipinski definition) is 9. The molecule has 0 radical (unpaired) electrons. The van der Waals surface area contributed by atoms with Crippen LogP contribution >= 0.6 is 40.1 Å². The molecular weight excluding hydrogens is 975 g/mol. The van der Waals surface area contributed by atoms with Crippen molar-refractivity contribution in [3.8, 4) is 22.3 Å². The first-order chi connectivity index (χ1) is 32.1. The molecule has 0 atom stereocenters. The molecule has 354 valence electrons. The van der Waals surface area contributed by atoms with Crippen LogP contribution in [0.5, 0.6) is 0 Å². The van der Waals surface area contributed by atoms with E-state index in [0.717, 1.165) is 111 Å². The number of anilines is 2. The minimum Gasteiger partial charge on any atom is -0.472 e. The lowest BCUT2D eigenvalue weighted by Gasteiger charge is -2.14. The summed E-state index contributed by atoms with van der Waals surface area (Å²) >= 11 is 7.55. The molecule has 0 aliphatic heterocycles. The summed E-state index contributed by atoms with van der Waals surface area (Å²) in [7, 11) is -2.55. The van der Waals surface area contributed by atoms with E-state index < -0.39 is 8.25 Å². The highest BCUT2D eigenvalue weighted by molar-refractivity contribution is 9.10. The van der Waals surface area contributed by atoms with E-state index >= 15 is 0 Å². The van der Waals surface area contributed by atoms with Crippen LogP contribution < -0.4 is 21.3 Å². The fourth-order valence-electron chi connectivity index (χ4n) is 7.97. The second-order valence-electron chi connectivity index (χ2n) is 17.9. The van der Waals surface area contributed by atoms with Crippen molar-refractivity contribution in [2.24, 2.45) is 11.8 Å². The predicted octanol–water partition coefficient (Wildman–Crippen LogP) is 14.3. The first kappa shape index (κ1) is 51.5. The highest BCUT2D eigenvalue weighted by Gasteiger charge is 2.12. The van der Waals surface area contributed by atoms with Gasteiger partial charge in [0.1, 0.15) is 0 Å². The molecular formula is C54H69Br2N4O5P. The fraction of sp³-hybridized carbons (Fsp3) is 0.407. The third kappa shape index (κ3) is 17.3. The van der Waals surface area contributed by atoms with E-state index in [1.54, 1.807) is 25.1 Å². The quantitative estimate of drug-likeness (QED) is 0.0259. The lowest BCUT2D eigenvalue weighted by atomic mass is 10.0. The van der Waals surface area contributed by atoms with Gasteiger partial charge in [-0.2, -0.15) is 0 Å². The molecule has 2 aromatic heterocycles. The zero-order valence-corrected chi connectivity index (χ0v) is 43.3. The van der Waals surface area contributed by atoms with Crippen LogP contribution in [0.25, 0.3) is 22.3 Å². The summed E-state index contributed by atoms with van der Waals surface area (Å²) in [5.41, 5.74) is 14.3. The molecule has 12 heteroatoms. The summed E-state index contributed by atoms with van der Waals surface area (Å²) in [6, 6.07) is 30.6. The second-order valence-corrected chi connectivity index (χ2v) is 20.7. The van der Waals surface area contributed by atoms with Crippen molar-refractivity contribution in [1.29, 1.82) is 0 Å². The van der Waals surface area contributed by atoms with E-state index in [9.17, 15) is 4.57 Å². The summed E-state index contributed by atoms with van der Waals surface area (Å²) in [5.74, 6) is 1.27. The molecule has 66 heavy (non-hydrogen) atoms. The summed E-state index contributed by atoms with van der Waals surface area (Å²) in [6.45, 7) is 14.4. The predicted molar refractivity (Wildman–Crippen MR) is 281 cm³/mol. The van der Waals surface area contributed by atoms with Crippen molar-refractivity contribution in [2.75, 3.05) is 50.0 Å². The number of benzene rings is 4. The average molecular weight is 1040 g/mol. The Morgan fingerprint density at radius 3 is 1.38 bits per heavy atom. The first-order valence-corrected chi connectivity index (χ1v) is 26.5. The van der Waals surface area contributed by atoms with Gasteiger partial charge in [0.2, 0.25) is 0 Å². The Labute approximate surface area is 410 Å². The van der Waals surface area contributed by atoms with Crippen LogP contribution in [-0.2, 0) is 52.4 Å². The Balaban J connectivity index is 0.831. The topological polar surface area (TPSA) is 110 Å². The van der Waals surface area contributed by atoms with E-state index in [-0.39, 0.29) is 0 Å². The number of hydrogen-bond donors (Lipinski definition) is 4. The Hall–Kier alpha value is -3.93. The molecule has 0 saturated carbocycles. The van der Waals surface area contributed by atoms with Crippen LogP contribution in [0, 0.1) is 11.8 Å². The Kier molecular flexibility index (Phi) is 21.7. The molecule has 4 N–H and O–H groups in total. The minimum atomic E-state index is -2.55. The summed E-state index contributed by atoms with van der Waals surface area (Å²) in [4.78, 5) is 0. The zero-order chi connectivity index (χ0) is 46.5. The molecule has 0 bridgehead atoms. The first-order valence-electron chi connectivity index (χ1n) is 23.7. The van der Waals surface area contributed by atoms with Gasteiger partial charge in [0.05, 0.1) is 38.3 Å². The van der Waals surface area contributed by atoms with Crippen molar-refractivity contribution in [3.05, 3.63) is 152 Å². The van der Waals surface area contributed by atoms with Crippen LogP contribution in [-0.4, -0.2) is 39.4 Å². The molecule has 0 fully saturated rings. The van der Waals surface area contributed by atoms with E-state index in [2.05, 4.69) is 154 Å². The van der Waals surface area contributed by atoms with E-state index in [1.165, 1.54) is 42.3 Å². The highest BCUT2D eigenvalue weighted by atomic mass is 79.9. The molecule has 0 aliphatic rings. The molecule has 0 aliphatic carbocycles. The lowest BCUT2D eigenvalue weighted by molar-refractivity contribution is 0.220. The summed E-state index contributed by atoms with van der Waals surface area (Å²) in [5, 5.41) is 14.3. The smallest absolute Gasteiger partial charge is 0.319 e. The van der Waals surface area contributed by atoms with E-state index in [4.69, 9.17) is 17.9 Å². The zero-order valence-electron chi connectivity index (χ0n) is 39.2. The van der Waals surface area contributed by atoms with Gasteiger partial charge in [0.25, 0.3) is 0 Å². The van der Waals surface area contributed by atoms with Gasteiger partial charge < -0.3 is 39.1 Å². The summed E-state index contributed by atoms with van der Waals surface area (Å²) in [6.07, 6.45) is 14.7. The number of halogens is 2. The Morgan fingerprint density at radius 1 is 0.545 bits per heavy atom. The van der Waals surface area contributed by atoms with Gasteiger partial charge in [-0.25, -0.2) is 0 Å². The molecule has 9 nitrogen and oxygen atoms in total. The second kappa shape index (κ2) is 27.8. The van der Waals surface area contributed by atoms with Gasteiger partial charge in [-0.1, -0.05) is 96.0 Å². The van der Waals surface area contributed by atoms with Crippen LogP contribution in [0.3, 0.4) is 0 Å². The standard InChI is InChI=1S/C54H69Br2N4O5P/c1-39(2)29-45-15-11-41(33-51(45)55)9-5-23-59-53-17-13-43(31-49(53)47-19-27-62-37-47)35-57-21-7-25-64-66(61)65-26-8-22-58-36-44-14-18-54(50(32-44)48-20-28-63-38-48)60-24-6-10-42-12-16-46(30-40(3)4)52(56)34-42/h11-20,27-28,31-34,37-40,57-60,66H,5-10,21-26,29-30,35-36H2,1-4H3. The van der Waals surface area contributed by atoms with E-state index in [1.807, 2.05) is 12.1 Å². The van der Waals surface area contributed by atoms with Gasteiger partial charge in [0.15, 0.2) is 0 Å². The normalized spacial score (nSPS) is 11.7. The van der Waals surface area contributed by atoms with E-state index in [0.29, 0.717) is 38.1 Å². The van der Waals surface area contributed by atoms with Gasteiger partial charge in [0, 0.05) is 68.8 Å². The van der Waals surface area contributed by atoms with Crippen molar-refractivity contribution in [2.45, 2.75) is 92.2 Å². The highest BCUT2D eigenvalue weighted by Crippen LogP contribution is 2.32. The largest absolute Gasteiger partial charge is 0.472 e. The van der Waals surface area contributed by atoms with Crippen LogP contribution in [0.4, 0.5) is 11.4 Å². The fourth-order valence-corrected chi connectivity index (χ4v) is 9.85. The van der Waals surface area contributed by atoms with Crippen LogP contribution in [0.2, 0.25) is 0 Å². The number of furan rings is 2. The van der Waals surface area contributed by atoms with Crippen molar-refractivity contribution in [3.63, 3.8) is 0 Å². The van der Waals surface area contributed by atoms with Crippen molar-refractivity contribution >= 4 is 51.5 Å². The molecule has 2 heterocycles. The van der Waals surface area contributed by atoms with Crippen LogP contribution in [0.1, 0.15) is 86.8 Å². The minimum absolute atomic E-state index is 0.374. The molecule has 0 unspecified atom stereocenters. The van der Waals surface area contributed by atoms with Crippen molar-refractivity contribution < 1.29 is 22.4 Å². The maximum absolute atomic E-state index is 12.4. The Bertz CT molecular complexity index is 2210. The summed E-state index contributed by atoms with van der Waals surface area (Å²) < 4.78 is 36.8. The maximum Gasteiger partial charge on any atom is 0.319 e. The van der Waals surface area contributed by atoms with Crippen LogP contribution in [0.15, 0.2) is 128 Å². The van der Waals surface area contributed by atoms with Gasteiger partial charge in [-0.15, -0.1) is 0 Å². The molecule has 0 saturated heterocycles. The molecule has 6 rings (SSSR count). The molecule has 0 spiro atoms. The third-order valence-electron chi connectivity index (χ3n) is 11.3. The van der Waals surface area contributed by atoms with Gasteiger partial charge in [-0.05, 0) is 158 Å². The maximum atomic E-state index is 12.4. The van der Waals surface area contributed by atoms with Gasteiger partial charge >= 0.3 is 8.25 Å². The van der Waals surface area contributed by atoms with Gasteiger partial charge in [-0.3, -0.25) is 4.57 Å². The monoisotopic (exact) mass is 1040 g/mol. The Morgan fingerprint density at radius 2 is 0.985 bits per heavy atom. The lowest BCUT2D eigenvalue weighted by Crippen LogP contribution is -2.16. The van der Waals surface area contributed by atoms with Crippen molar-refractivity contribution in [1.82, 2.24) is 10.6 Å². The average Bonchev–Trinajstić information content (AvgIpc) is 4.05. The SMILES string of the molecule is CC(C)Cc1ccc(CCCNc2ccc(CNCCCO[PH](=O)OCCCNCc3ccc(NCCCc4ccc(CC(C)C)c(Br)c4)c(-c4ccoc4)c3)cc2-c2ccoc2)cc1Br. The molecule has 0 amide bonds. The number of rotatable bonds is 30. The number of aryl methyl sites for hydroxylation is 2.